The number of esters is 2. The number of allylic oxidation sites excluding steroid dienone is 3. The SMILES string of the molecule is C=CC(=O)OCCCCCCO/C(C)=C/C=C(\C)C(=O)Oc1ccc(CC)cc1. The zero-order chi connectivity index (χ0) is 21.5. The Hall–Kier alpha value is -2.82. The molecule has 0 heterocycles. The molecule has 0 radical (unpaired) electrons. The van der Waals surface area contributed by atoms with Crippen LogP contribution in [0.1, 0.15) is 52.0 Å². The molecule has 158 valence electrons. The van der Waals surface area contributed by atoms with Crippen LogP contribution < -0.4 is 4.74 Å². The van der Waals surface area contributed by atoms with Gasteiger partial charge in [-0.1, -0.05) is 25.6 Å². The number of hydrogen-bond donors (Lipinski definition) is 0. The third kappa shape index (κ3) is 10.9. The van der Waals surface area contributed by atoms with Gasteiger partial charge in [0.05, 0.1) is 19.0 Å². The van der Waals surface area contributed by atoms with E-state index in [2.05, 4.69) is 13.5 Å². The molecule has 0 amide bonds. The van der Waals surface area contributed by atoms with Gasteiger partial charge in [-0.05, 0) is 75.8 Å². The lowest BCUT2D eigenvalue weighted by molar-refractivity contribution is -0.137. The zero-order valence-corrected chi connectivity index (χ0v) is 17.7. The highest BCUT2D eigenvalue weighted by Crippen LogP contribution is 2.14. The Balaban J connectivity index is 2.25. The lowest BCUT2D eigenvalue weighted by Gasteiger charge is -2.07. The van der Waals surface area contributed by atoms with E-state index in [1.807, 2.05) is 19.1 Å². The van der Waals surface area contributed by atoms with Crippen LogP contribution in [0.4, 0.5) is 0 Å². The molecule has 29 heavy (non-hydrogen) atoms. The summed E-state index contributed by atoms with van der Waals surface area (Å²) in [5.41, 5.74) is 1.70. The Morgan fingerprint density at radius 3 is 2.14 bits per heavy atom. The molecule has 5 heteroatoms. The van der Waals surface area contributed by atoms with E-state index in [0.29, 0.717) is 24.5 Å². The fourth-order valence-electron chi connectivity index (χ4n) is 2.36. The third-order valence-corrected chi connectivity index (χ3v) is 4.21. The summed E-state index contributed by atoms with van der Waals surface area (Å²) in [6.07, 6.45) is 9.30. The molecular formula is C24H32O5. The van der Waals surface area contributed by atoms with Gasteiger partial charge in [0.25, 0.3) is 0 Å². The molecule has 0 aliphatic carbocycles. The van der Waals surface area contributed by atoms with Gasteiger partial charge in [-0.15, -0.1) is 0 Å². The number of aryl methyl sites for hydroxylation is 1. The van der Waals surface area contributed by atoms with Crippen molar-refractivity contribution in [1.82, 2.24) is 0 Å². The molecule has 1 aromatic rings. The van der Waals surface area contributed by atoms with E-state index >= 15 is 0 Å². The summed E-state index contributed by atoms with van der Waals surface area (Å²) in [4.78, 5) is 23.0. The molecule has 1 rings (SSSR count). The predicted molar refractivity (Wildman–Crippen MR) is 115 cm³/mol. The topological polar surface area (TPSA) is 61.8 Å². The van der Waals surface area contributed by atoms with Crippen molar-refractivity contribution in [2.45, 2.75) is 52.9 Å². The van der Waals surface area contributed by atoms with E-state index in [-0.39, 0.29) is 11.9 Å². The minimum Gasteiger partial charge on any atom is -0.498 e. The van der Waals surface area contributed by atoms with Crippen LogP contribution in [0.5, 0.6) is 5.75 Å². The Morgan fingerprint density at radius 2 is 1.55 bits per heavy atom. The van der Waals surface area contributed by atoms with Crippen LogP contribution >= 0.6 is 0 Å². The Kier molecular flexibility index (Phi) is 11.9. The van der Waals surface area contributed by atoms with Gasteiger partial charge in [0.15, 0.2) is 0 Å². The largest absolute Gasteiger partial charge is 0.498 e. The van der Waals surface area contributed by atoms with Gasteiger partial charge in [0.1, 0.15) is 5.75 Å². The highest BCUT2D eigenvalue weighted by atomic mass is 16.5. The van der Waals surface area contributed by atoms with Gasteiger partial charge in [-0.3, -0.25) is 0 Å². The van der Waals surface area contributed by atoms with Gasteiger partial charge >= 0.3 is 11.9 Å². The lowest BCUT2D eigenvalue weighted by atomic mass is 10.2. The van der Waals surface area contributed by atoms with Crippen molar-refractivity contribution in [2.75, 3.05) is 13.2 Å². The smallest absolute Gasteiger partial charge is 0.339 e. The summed E-state index contributed by atoms with van der Waals surface area (Å²) in [7, 11) is 0. The van der Waals surface area contributed by atoms with Gasteiger partial charge in [-0.25, -0.2) is 9.59 Å². The van der Waals surface area contributed by atoms with Crippen molar-refractivity contribution in [3.63, 3.8) is 0 Å². The average Bonchev–Trinajstić information content (AvgIpc) is 2.73. The second kappa shape index (κ2) is 14.2. The van der Waals surface area contributed by atoms with Crippen LogP contribution in [0.2, 0.25) is 0 Å². The lowest BCUT2D eigenvalue weighted by Crippen LogP contribution is -2.09. The Bertz CT molecular complexity index is 713. The van der Waals surface area contributed by atoms with E-state index in [1.54, 1.807) is 31.2 Å². The van der Waals surface area contributed by atoms with Gasteiger partial charge < -0.3 is 14.2 Å². The highest BCUT2D eigenvalue weighted by molar-refractivity contribution is 5.89. The number of hydrogen-bond acceptors (Lipinski definition) is 5. The first-order chi connectivity index (χ1) is 14.0. The van der Waals surface area contributed by atoms with Crippen molar-refractivity contribution >= 4 is 11.9 Å². The minimum absolute atomic E-state index is 0.379. The predicted octanol–water partition coefficient (Wildman–Crippen LogP) is 5.31. The normalized spacial score (nSPS) is 11.7. The highest BCUT2D eigenvalue weighted by Gasteiger charge is 2.06. The number of ether oxygens (including phenoxy) is 3. The molecule has 0 atom stereocenters. The second-order valence-electron chi connectivity index (χ2n) is 6.65. The number of unbranched alkanes of at least 4 members (excludes halogenated alkanes) is 3. The molecule has 0 unspecified atom stereocenters. The van der Waals surface area contributed by atoms with Crippen LogP contribution in [0.25, 0.3) is 0 Å². The maximum atomic E-state index is 12.1. The van der Waals surface area contributed by atoms with Crippen molar-refractivity contribution in [1.29, 1.82) is 0 Å². The van der Waals surface area contributed by atoms with E-state index in [1.165, 1.54) is 11.6 Å². The van der Waals surface area contributed by atoms with E-state index in [9.17, 15) is 9.59 Å². The van der Waals surface area contributed by atoms with Crippen molar-refractivity contribution in [3.05, 3.63) is 66.0 Å². The standard InChI is InChI=1S/C24H32O5/c1-5-21-13-15-22(16-14-21)29-24(26)19(3)11-12-20(4)27-17-9-7-8-10-18-28-23(25)6-2/h6,11-16H,2,5,7-10,17-18H2,1,3-4H3/b19-11+,20-12+. The molecule has 0 N–H and O–H groups in total. The molecule has 0 aromatic heterocycles. The molecule has 0 aliphatic rings. The van der Waals surface area contributed by atoms with Crippen molar-refractivity contribution in [3.8, 4) is 5.75 Å². The summed E-state index contributed by atoms with van der Waals surface area (Å²) in [5.74, 6) is 0.520. The maximum Gasteiger partial charge on any atom is 0.339 e. The minimum atomic E-state index is -0.379. The molecule has 0 fully saturated rings. The number of carbonyl (C=O) groups is 2. The zero-order valence-electron chi connectivity index (χ0n) is 17.7. The first-order valence-electron chi connectivity index (χ1n) is 10.0. The third-order valence-electron chi connectivity index (χ3n) is 4.21. The molecule has 0 aliphatic heterocycles. The van der Waals surface area contributed by atoms with Crippen molar-refractivity contribution < 1.29 is 23.8 Å². The van der Waals surface area contributed by atoms with E-state index in [0.717, 1.165) is 37.9 Å². The Morgan fingerprint density at radius 1 is 0.931 bits per heavy atom. The fourth-order valence-corrected chi connectivity index (χ4v) is 2.36. The average molecular weight is 401 g/mol. The Labute approximate surface area is 174 Å². The quantitative estimate of drug-likeness (QED) is 0.112. The van der Waals surface area contributed by atoms with Gasteiger partial charge in [0, 0.05) is 11.6 Å². The van der Waals surface area contributed by atoms with E-state index < -0.39 is 0 Å². The number of carbonyl (C=O) groups excluding carboxylic acids is 2. The first-order valence-corrected chi connectivity index (χ1v) is 10.0. The molecule has 0 saturated heterocycles. The fraction of sp³-hybridized carbons (Fsp3) is 0.417. The summed E-state index contributed by atoms with van der Waals surface area (Å²) in [5, 5.41) is 0. The molecule has 0 bridgehead atoms. The van der Waals surface area contributed by atoms with Crippen LogP contribution in [-0.2, 0) is 25.5 Å². The van der Waals surface area contributed by atoms with Crippen LogP contribution in [-0.4, -0.2) is 25.2 Å². The number of benzene rings is 1. The van der Waals surface area contributed by atoms with Crippen molar-refractivity contribution in [2.24, 2.45) is 0 Å². The molecule has 0 spiro atoms. The van der Waals surface area contributed by atoms with Gasteiger partial charge in [-0.2, -0.15) is 0 Å². The van der Waals surface area contributed by atoms with Gasteiger partial charge in [0.2, 0.25) is 0 Å². The van der Waals surface area contributed by atoms with Crippen LogP contribution in [0.15, 0.2) is 60.4 Å². The van der Waals surface area contributed by atoms with E-state index in [4.69, 9.17) is 14.2 Å². The summed E-state index contributed by atoms with van der Waals surface area (Å²) < 4.78 is 15.9. The van der Waals surface area contributed by atoms with Crippen LogP contribution in [0, 0.1) is 0 Å². The number of rotatable bonds is 13. The summed E-state index contributed by atoms with van der Waals surface area (Å²) >= 11 is 0. The summed E-state index contributed by atoms with van der Waals surface area (Å²) in [6.45, 7) is 10.0. The first kappa shape index (κ1) is 24.2. The summed E-state index contributed by atoms with van der Waals surface area (Å²) in [6, 6.07) is 7.51. The molecule has 0 saturated carbocycles. The molecule has 5 nitrogen and oxygen atoms in total. The molecule has 1 aromatic carbocycles. The maximum absolute atomic E-state index is 12.1. The second-order valence-corrected chi connectivity index (χ2v) is 6.65. The molecular weight excluding hydrogens is 368 g/mol. The van der Waals surface area contributed by atoms with Crippen LogP contribution in [0.3, 0.4) is 0 Å². The monoisotopic (exact) mass is 400 g/mol.